The fourth-order valence-electron chi connectivity index (χ4n) is 2.11. The number of aromatic nitrogens is 2. The predicted octanol–water partition coefficient (Wildman–Crippen LogP) is 2.03. The van der Waals surface area contributed by atoms with E-state index in [1.807, 2.05) is 6.92 Å². The van der Waals surface area contributed by atoms with E-state index >= 15 is 0 Å². The summed E-state index contributed by atoms with van der Waals surface area (Å²) in [6, 6.07) is 0. The predicted molar refractivity (Wildman–Crippen MR) is 81.5 cm³/mol. The summed E-state index contributed by atoms with van der Waals surface area (Å²) in [6.07, 6.45) is 1.92. The summed E-state index contributed by atoms with van der Waals surface area (Å²) in [4.78, 5) is 9.45. The molecular formula is C16H26N2O4. The zero-order chi connectivity index (χ0) is 15.8. The Hall–Kier alpha value is -1.08. The van der Waals surface area contributed by atoms with Crippen LogP contribution in [0.2, 0.25) is 0 Å². The van der Waals surface area contributed by atoms with Gasteiger partial charge in [-0.25, -0.2) is 0 Å². The molecule has 1 fully saturated rings. The fourth-order valence-corrected chi connectivity index (χ4v) is 2.11. The minimum atomic E-state index is 0.273. The van der Waals surface area contributed by atoms with Gasteiger partial charge < -0.3 is 18.9 Å². The first-order chi connectivity index (χ1) is 10.8. The van der Waals surface area contributed by atoms with E-state index in [1.165, 1.54) is 0 Å². The van der Waals surface area contributed by atoms with Crippen LogP contribution in [0.25, 0.3) is 0 Å². The summed E-state index contributed by atoms with van der Waals surface area (Å²) in [5.74, 6) is 0. The molecule has 0 aliphatic carbocycles. The van der Waals surface area contributed by atoms with Gasteiger partial charge in [-0.15, -0.1) is 0 Å². The van der Waals surface area contributed by atoms with Crippen LogP contribution in [0.15, 0.2) is 0 Å². The highest BCUT2D eigenvalue weighted by Crippen LogP contribution is 2.15. The van der Waals surface area contributed by atoms with Crippen LogP contribution in [0.5, 0.6) is 0 Å². The van der Waals surface area contributed by atoms with E-state index in [2.05, 4.69) is 13.8 Å². The van der Waals surface area contributed by atoms with Gasteiger partial charge in [0.25, 0.3) is 0 Å². The van der Waals surface area contributed by atoms with Gasteiger partial charge in [0.05, 0.1) is 49.2 Å². The Labute approximate surface area is 132 Å². The first kappa shape index (κ1) is 17.3. The molecule has 1 unspecified atom stereocenters. The molecule has 1 aliphatic rings. The summed E-state index contributed by atoms with van der Waals surface area (Å²) in [5.41, 5.74) is 3.76. The van der Waals surface area contributed by atoms with E-state index in [9.17, 15) is 0 Å². The maximum Gasteiger partial charge on any atom is 0.147 e. The molecule has 0 N–H and O–H groups in total. The molecule has 124 valence electrons. The molecule has 6 heteroatoms. The molecule has 0 spiro atoms. The van der Waals surface area contributed by atoms with E-state index in [4.69, 9.17) is 28.9 Å². The van der Waals surface area contributed by atoms with E-state index in [0.29, 0.717) is 26.4 Å². The number of ether oxygens (including phenoxy) is 4. The first-order valence-electron chi connectivity index (χ1n) is 8.00. The molecule has 0 saturated carbocycles. The molecule has 22 heavy (non-hydrogen) atoms. The van der Waals surface area contributed by atoms with Gasteiger partial charge in [0.15, 0.2) is 0 Å². The lowest BCUT2D eigenvalue weighted by atomic mass is 10.2. The van der Waals surface area contributed by atoms with Gasteiger partial charge >= 0.3 is 0 Å². The Morgan fingerprint density at radius 3 is 2.00 bits per heavy atom. The van der Waals surface area contributed by atoms with Gasteiger partial charge in [-0.1, -0.05) is 13.8 Å². The Balaban J connectivity index is 1.99. The summed E-state index contributed by atoms with van der Waals surface area (Å²) in [5, 5.41) is 0. The Bertz CT molecular complexity index is 464. The summed E-state index contributed by atoms with van der Waals surface area (Å²) >= 11 is 0. The average Bonchev–Trinajstić information content (AvgIpc) is 3.36. The molecule has 0 amide bonds. The van der Waals surface area contributed by atoms with E-state index in [1.54, 1.807) is 0 Å². The Morgan fingerprint density at radius 2 is 1.50 bits per heavy atom. The maximum atomic E-state index is 5.66. The number of epoxide rings is 1. The van der Waals surface area contributed by atoms with Gasteiger partial charge in [-0.2, -0.15) is 0 Å². The lowest BCUT2D eigenvalue weighted by Gasteiger charge is -2.13. The zero-order valence-electron chi connectivity index (χ0n) is 13.8. The molecule has 0 bridgehead atoms. The molecule has 2 heterocycles. The van der Waals surface area contributed by atoms with E-state index < -0.39 is 0 Å². The van der Waals surface area contributed by atoms with E-state index in [0.717, 1.165) is 42.2 Å². The molecular weight excluding hydrogens is 284 g/mol. The van der Waals surface area contributed by atoms with Crippen molar-refractivity contribution in [2.45, 2.75) is 52.9 Å². The fraction of sp³-hybridized carbons (Fsp3) is 0.750. The van der Waals surface area contributed by atoms with Gasteiger partial charge in [0, 0.05) is 6.61 Å². The van der Waals surface area contributed by atoms with Gasteiger partial charge in [-0.05, 0) is 19.8 Å². The van der Waals surface area contributed by atoms with Crippen LogP contribution in [0.3, 0.4) is 0 Å². The molecule has 0 radical (unpaired) electrons. The molecule has 1 aliphatic heterocycles. The van der Waals surface area contributed by atoms with Crippen molar-refractivity contribution in [3.63, 3.8) is 0 Å². The summed E-state index contributed by atoms with van der Waals surface area (Å²) < 4.78 is 21.5. The van der Waals surface area contributed by atoms with Crippen LogP contribution in [-0.2, 0) is 45.0 Å². The largest absolute Gasteiger partial charge is 0.372 e. The van der Waals surface area contributed by atoms with Crippen LogP contribution in [-0.4, -0.2) is 42.7 Å². The number of hydrogen-bond donors (Lipinski definition) is 0. The SMILES string of the molecule is CCOCOCc1nc(CC)c(COCC2CO2)nc1CC. The number of rotatable bonds is 11. The minimum absolute atomic E-state index is 0.273. The summed E-state index contributed by atoms with van der Waals surface area (Å²) in [6.45, 7) is 9.38. The second kappa shape index (κ2) is 9.15. The number of aryl methyl sites for hydroxylation is 2. The van der Waals surface area contributed by atoms with Crippen molar-refractivity contribution in [1.82, 2.24) is 9.97 Å². The first-order valence-corrected chi connectivity index (χ1v) is 8.00. The third kappa shape index (κ3) is 5.28. The summed E-state index contributed by atoms with van der Waals surface area (Å²) in [7, 11) is 0. The monoisotopic (exact) mass is 310 g/mol. The van der Waals surface area contributed by atoms with Gasteiger partial charge in [0.2, 0.25) is 0 Å². The van der Waals surface area contributed by atoms with Crippen LogP contribution in [0.1, 0.15) is 43.5 Å². The molecule has 1 aromatic rings. The normalized spacial score (nSPS) is 17.0. The molecule has 1 aromatic heterocycles. The Kier molecular flexibility index (Phi) is 7.18. The highest BCUT2D eigenvalue weighted by molar-refractivity contribution is 5.20. The average molecular weight is 310 g/mol. The minimum Gasteiger partial charge on any atom is -0.372 e. The van der Waals surface area contributed by atoms with Crippen LogP contribution < -0.4 is 0 Å². The smallest absolute Gasteiger partial charge is 0.147 e. The van der Waals surface area contributed by atoms with Crippen molar-refractivity contribution in [2.24, 2.45) is 0 Å². The topological polar surface area (TPSA) is 66.0 Å². The molecule has 1 saturated heterocycles. The van der Waals surface area contributed by atoms with E-state index in [-0.39, 0.29) is 12.9 Å². The standard InChI is InChI=1S/C16H26N2O4/c1-4-13-15(9-20-7-12-8-22-12)17-14(5-2)16(18-13)10-21-11-19-6-3/h12H,4-11H2,1-3H3. The third-order valence-corrected chi connectivity index (χ3v) is 3.43. The lowest BCUT2D eigenvalue weighted by molar-refractivity contribution is -0.0583. The van der Waals surface area contributed by atoms with Gasteiger partial charge in [-0.3, -0.25) is 9.97 Å². The quantitative estimate of drug-likeness (QED) is 0.354. The Morgan fingerprint density at radius 1 is 0.909 bits per heavy atom. The van der Waals surface area contributed by atoms with Crippen molar-refractivity contribution < 1.29 is 18.9 Å². The lowest BCUT2D eigenvalue weighted by Crippen LogP contribution is -2.13. The van der Waals surface area contributed by atoms with Crippen molar-refractivity contribution in [3.8, 4) is 0 Å². The number of hydrogen-bond acceptors (Lipinski definition) is 6. The van der Waals surface area contributed by atoms with Crippen molar-refractivity contribution in [1.29, 1.82) is 0 Å². The molecule has 6 nitrogen and oxygen atoms in total. The zero-order valence-corrected chi connectivity index (χ0v) is 13.8. The van der Waals surface area contributed by atoms with Crippen molar-refractivity contribution >= 4 is 0 Å². The second-order valence-electron chi connectivity index (χ2n) is 5.15. The molecule has 2 rings (SSSR count). The van der Waals surface area contributed by atoms with Crippen LogP contribution >= 0.6 is 0 Å². The van der Waals surface area contributed by atoms with Crippen molar-refractivity contribution in [2.75, 3.05) is 26.6 Å². The number of nitrogens with zero attached hydrogens (tertiary/aromatic N) is 2. The third-order valence-electron chi connectivity index (χ3n) is 3.43. The van der Waals surface area contributed by atoms with Gasteiger partial charge in [0.1, 0.15) is 12.9 Å². The highest BCUT2D eigenvalue weighted by Gasteiger charge is 2.22. The van der Waals surface area contributed by atoms with Crippen LogP contribution in [0, 0.1) is 0 Å². The molecule has 0 aromatic carbocycles. The van der Waals surface area contributed by atoms with Crippen LogP contribution in [0.4, 0.5) is 0 Å². The maximum absolute atomic E-state index is 5.66. The second-order valence-corrected chi connectivity index (χ2v) is 5.15. The molecule has 1 atom stereocenters. The van der Waals surface area contributed by atoms with Crippen molar-refractivity contribution in [3.05, 3.63) is 22.8 Å². The highest BCUT2D eigenvalue weighted by atomic mass is 16.7.